The number of aliphatic hydroxyl groups is 1. The normalized spacial score (nSPS) is 15.3. The number of aromatic nitrogens is 2. The van der Waals surface area contributed by atoms with Crippen molar-refractivity contribution in [1.29, 1.82) is 0 Å². The summed E-state index contributed by atoms with van der Waals surface area (Å²) >= 11 is 0. The molecule has 1 rings (SSSR count). The van der Waals surface area contributed by atoms with Crippen LogP contribution in [0, 0.1) is 0 Å². The van der Waals surface area contributed by atoms with Gasteiger partial charge in [0.2, 0.25) is 0 Å². The van der Waals surface area contributed by atoms with E-state index in [9.17, 15) is 5.11 Å². The van der Waals surface area contributed by atoms with E-state index in [0.29, 0.717) is 0 Å². The average Bonchev–Trinajstić information content (AvgIpc) is 2.45. The standard InChI is InChI=1S/C13H22N2O/c1-9(10(2)16)7-11-8-15(6)14-12(11)13(3,4)5/h7-8,10,16H,1-6H3. The van der Waals surface area contributed by atoms with Crippen molar-refractivity contribution in [2.24, 2.45) is 7.05 Å². The van der Waals surface area contributed by atoms with E-state index in [0.717, 1.165) is 16.8 Å². The Labute approximate surface area is 97.8 Å². The Balaban J connectivity index is 3.20. The van der Waals surface area contributed by atoms with Gasteiger partial charge < -0.3 is 5.11 Å². The molecular weight excluding hydrogens is 200 g/mol. The van der Waals surface area contributed by atoms with E-state index in [-0.39, 0.29) is 5.41 Å². The van der Waals surface area contributed by atoms with E-state index in [2.05, 4.69) is 25.9 Å². The van der Waals surface area contributed by atoms with Gasteiger partial charge in [-0.1, -0.05) is 26.8 Å². The number of hydrogen-bond acceptors (Lipinski definition) is 2. The second-order valence-corrected chi connectivity index (χ2v) is 5.42. The summed E-state index contributed by atoms with van der Waals surface area (Å²) in [5.41, 5.74) is 3.13. The SMILES string of the molecule is CC(=Cc1cn(C)nc1C(C)(C)C)C(C)O. The van der Waals surface area contributed by atoms with Gasteiger partial charge in [-0.2, -0.15) is 5.10 Å². The zero-order valence-electron chi connectivity index (χ0n) is 11.1. The Hall–Kier alpha value is -1.09. The van der Waals surface area contributed by atoms with Gasteiger partial charge in [-0.05, 0) is 19.4 Å². The van der Waals surface area contributed by atoms with Crippen LogP contribution in [0.1, 0.15) is 45.9 Å². The second-order valence-electron chi connectivity index (χ2n) is 5.42. The fourth-order valence-corrected chi connectivity index (χ4v) is 1.56. The lowest BCUT2D eigenvalue weighted by atomic mass is 9.89. The highest BCUT2D eigenvalue weighted by atomic mass is 16.3. The fourth-order valence-electron chi connectivity index (χ4n) is 1.56. The molecule has 0 saturated heterocycles. The van der Waals surface area contributed by atoms with Crippen LogP contribution in [0.5, 0.6) is 0 Å². The highest BCUT2D eigenvalue weighted by Gasteiger charge is 2.21. The summed E-state index contributed by atoms with van der Waals surface area (Å²) in [6, 6.07) is 0. The lowest BCUT2D eigenvalue weighted by Gasteiger charge is -2.16. The Morgan fingerprint density at radius 2 is 2.06 bits per heavy atom. The van der Waals surface area contributed by atoms with Gasteiger partial charge >= 0.3 is 0 Å². The first-order chi connectivity index (χ1) is 7.21. The molecule has 0 spiro atoms. The molecule has 0 aliphatic heterocycles. The summed E-state index contributed by atoms with van der Waals surface area (Å²) in [6.07, 6.45) is 3.60. The molecule has 0 radical (unpaired) electrons. The van der Waals surface area contributed by atoms with E-state index in [4.69, 9.17) is 0 Å². The van der Waals surface area contributed by atoms with Crippen molar-refractivity contribution in [2.45, 2.75) is 46.1 Å². The maximum absolute atomic E-state index is 9.49. The summed E-state index contributed by atoms with van der Waals surface area (Å²) in [7, 11) is 1.92. The van der Waals surface area contributed by atoms with Crippen LogP contribution in [0.3, 0.4) is 0 Å². The van der Waals surface area contributed by atoms with Crippen molar-refractivity contribution in [3.8, 4) is 0 Å². The third kappa shape index (κ3) is 2.95. The minimum absolute atomic E-state index is 0.0199. The van der Waals surface area contributed by atoms with Crippen LogP contribution in [0.4, 0.5) is 0 Å². The number of aliphatic hydroxyl groups excluding tert-OH is 1. The highest BCUT2D eigenvalue weighted by Crippen LogP contribution is 2.26. The maximum Gasteiger partial charge on any atom is 0.0750 e. The van der Waals surface area contributed by atoms with Crippen LogP contribution < -0.4 is 0 Å². The van der Waals surface area contributed by atoms with Gasteiger partial charge in [0.05, 0.1) is 11.8 Å². The van der Waals surface area contributed by atoms with E-state index in [1.54, 1.807) is 6.92 Å². The van der Waals surface area contributed by atoms with Crippen molar-refractivity contribution in [1.82, 2.24) is 9.78 Å². The molecule has 0 saturated carbocycles. The van der Waals surface area contributed by atoms with E-state index < -0.39 is 6.10 Å². The fraction of sp³-hybridized carbons (Fsp3) is 0.615. The van der Waals surface area contributed by atoms with Crippen LogP contribution in [0.15, 0.2) is 11.8 Å². The number of hydrogen-bond donors (Lipinski definition) is 1. The van der Waals surface area contributed by atoms with E-state index in [1.807, 2.05) is 30.9 Å². The topological polar surface area (TPSA) is 38.0 Å². The molecule has 0 aromatic carbocycles. The van der Waals surface area contributed by atoms with E-state index in [1.165, 1.54) is 0 Å². The van der Waals surface area contributed by atoms with Crippen LogP contribution in [0.25, 0.3) is 6.08 Å². The summed E-state index contributed by atoms with van der Waals surface area (Å²) < 4.78 is 1.82. The van der Waals surface area contributed by atoms with E-state index >= 15 is 0 Å². The monoisotopic (exact) mass is 222 g/mol. The van der Waals surface area contributed by atoms with Crippen molar-refractivity contribution in [3.63, 3.8) is 0 Å². The second kappa shape index (κ2) is 4.42. The summed E-state index contributed by atoms with van der Waals surface area (Å²) in [5.74, 6) is 0. The van der Waals surface area contributed by atoms with Crippen molar-refractivity contribution in [2.75, 3.05) is 0 Å². The Morgan fingerprint density at radius 3 is 2.50 bits per heavy atom. The van der Waals surface area contributed by atoms with Crippen LogP contribution in [0.2, 0.25) is 0 Å². The van der Waals surface area contributed by atoms with Gasteiger partial charge in [0.25, 0.3) is 0 Å². The Bertz CT molecular complexity index is 395. The molecule has 1 heterocycles. The molecule has 0 aliphatic carbocycles. The Morgan fingerprint density at radius 1 is 1.50 bits per heavy atom. The highest BCUT2D eigenvalue weighted by molar-refractivity contribution is 5.56. The molecule has 3 nitrogen and oxygen atoms in total. The van der Waals surface area contributed by atoms with Gasteiger partial charge in [-0.15, -0.1) is 0 Å². The number of aryl methyl sites for hydroxylation is 1. The minimum Gasteiger partial charge on any atom is -0.389 e. The quantitative estimate of drug-likeness (QED) is 0.835. The largest absolute Gasteiger partial charge is 0.389 e. The van der Waals surface area contributed by atoms with Gasteiger partial charge in [-0.25, -0.2) is 0 Å². The van der Waals surface area contributed by atoms with Crippen molar-refractivity contribution >= 4 is 6.08 Å². The third-order valence-corrected chi connectivity index (χ3v) is 2.61. The lowest BCUT2D eigenvalue weighted by molar-refractivity contribution is 0.232. The molecule has 0 aliphatic rings. The molecule has 1 atom stereocenters. The maximum atomic E-state index is 9.49. The minimum atomic E-state index is -0.409. The zero-order chi connectivity index (χ0) is 12.5. The summed E-state index contributed by atoms with van der Waals surface area (Å²) in [4.78, 5) is 0. The number of rotatable bonds is 2. The molecule has 16 heavy (non-hydrogen) atoms. The van der Waals surface area contributed by atoms with Crippen LogP contribution >= 0.6 is 0 Å². The predicted molar refractivity (Wildman–Crippen MR) is 67.2 cm³/mol. The predicted octanol–water partition coefficient (Wildman–Crippen LogP) is 2.50. The zero-order valence-corrected chi connectivity index (χ0v) is 11.1. The first kappa shape index (κ1) is 13.0. The summed E-state index contributed by atoms with van der Waals surface area (Å²) in [6.45, 7) is 10.1. The van der Waals surface area contributed by atoms with Crippen molar-refractivity contribution in [3.05, 3.63) is 23.0 Å². The van der Waals surface area contributed by atoms with Gasteiger partial charge in [-0.3, -0.25) is 4.68 Å². The molecule has 3 heteroatoms. The van der Waals surface area contributed by atoms with Gasteiger partial charge in [0.15, 0.2) is 0 Å². The molecule has 1 N–H and O–H groups in total. The molecule has 0 fully saturated rings. The van der Waals surface area contributed by atoms with Gasteiger partial charge in [0, 0.05) is 24.2 Å². The lowest BCUT2D eigenvalue weighted by Crippen LogP contribution is -2.14. The average molecular weight is 222 g/mol. The molecule has 1 aromatic heterocycles. The van der Waals surface area contributed by atoms with Crippen molar-refractivity contribution < 1.29 is 5.11 Å². The molecule has 90 valence electrons. The Kier molecular flexibility index (Phi) is 3.58. The molecule has 0 amide bonds. The van der Waals surface area contributed by atoms with Gasteiger partial charge in [0.1, 0.15) is 0 Å². The smallest absolute Gasteiger partial charge is 0.0750 e. The molecule has 0 bridgehead atoms. The molecule has 1 unspecified atom stereocenters. The summed E-state index contributed by atoms with van der Waals surface area (Å²) in [5, 5.41) is 14.0. The first-order valence-electron chi connectivity index (χ1n) is 5.62. The van der Waals surface area contributed by atoms with Crippen LogP contribution in [-0.4, -0.2) is 21.0 Å². The third-order valence-electron chi connectivity index (χ3n) is 2.61. The number of nitrogens with zero attached hydrogens (tertiary/aromatic N) is 2. The van der Waals surface area contributed by atoms with Crippen LogP contribution in [-0.2, 0) is 12.5 Å². The molecular formula is C13H22N2O. The molecule has 1 aromatic rings. The first-order valence-corrected chi connectivity index (χ1v) is 5.62.